The van der Waals surface area contributed by atoms with Crippen LogP contribution in [0, 0.1) is 0 Å². The molecule has 2 aromatic carbocycles. The summed E-state index contributed by atoms with van der Waals surface area (Å²) >= 11 is 0. The van der Waals surface area contributed by atoms with Crippen LogP contribution < -0.4 is 5.32 Å². The maximum atomic E-state index is 12.3. The zero-order valence-electron chi connectivity index (χ0n) is 13.7. The topological polar surface area (TPSA) is 64.0 Å². The number of carbonyl (C=O) groups excluding carboxylic acids is 2. The number of imidazole rings is 1. The van der Waals surface area contributed by atoms with E-state index in [4.69, 9.17) is 0 Å². The van der Waals surface area contributed by atoms with Crippen LogP contribution in [-0.2, 0) is 0 Å². The Kier molecular flexibility index (Phi) is 4.85. The van der Waals surface area contributed by atoms with E-state index in [1.54, 1.807) is 62.0 Å². The Hall–Kier alpha value is -3.47. The molecule has 3 rings (SSSR count). The van der Waals surface area contributed by atoms with E-state index < -0.39 is 0 Å². The summed E-state index contributed by atoms with van der Waals surface area (Å²) in [6.07, 6.45) is 8.52. The van der Waals surface area contributed by atoms with Crippen molar-refractivity contribution in [1.29, 1.82) is 0 Å². The van der Waals surface area contributed by atoms with Gasteiger partial charge >= 0.3 is 0 Å². The van der Waals surface area contributed by atoms with Crippen molar-refractivity contribution >= 4 is 17.8 Å². The van der Waals surface area contributed by atoms with Gasteiger partial charge in [-0.15, -0.1) is 0 Å². The van der Waals surface area contributed by atoms with E-state index in [0.29, 0.717) is 11.1 Å². The van der Waals surface area contributed by atoms with Crippen LogP contribution in [0.15, 0.2) is 73.3 Å². The van der Waals surface area contributed by atoms with Crippen molar-refractivity contribution in [1.82, 2.24) is 14.9 Å². The first-order chi connectivity index (χ1) is 12.2. The Morgan fingerprint density at radius 2 is 1.68 bits per heavy atom. The normalized spacial score (nSPS) is 10.8. The van der Waals surface area contributed by atoms with Crippen LogP contribution in [0.25, 0.3) is 11.8 Å². The molecule has 1 amide bonds. The van der Waals surface area contributed by atoms with Gasteiger partial charge < -0.3 is 9.88 Å². The van der Waals surface area contributed by atoms with Gasteiger partial charge in [-0.3, -0.25) is 9.59 Å². The highest BCUT2D eigenvalue weighted by atomic mass is 16.1. The van der Waals surface area contributed by atoms with Crippen molar-refractivity contribution in [3.8, 4) is 5.69 Å². The largest absolute Gasteiger partial charge is 0.355 e. The summed E-state index contributed by atoms with van der Waals surface area (Å²) in [6, 6.07) is 14.4. The van der Waals surface area contributed by atoms with E-state index in [0.717, 1.165) is 11.3 Å². The molecule has 1 N–H and O–H groups in total. The average Bonchev–Trinajstić information content (AvgIpc) is 3.21. The van der Waals surface area contributed by atoms with Gasteiger partial charge in [-0.1, -0.05) is 18.2 Å². The summed E-state index contributed by atoms with van der Waals surface area (Å²) in [5, 5.41) is 2.57. The molecular weight excluding hydrogens is 314 g/mol. The molecule has 0 bridgehead atoms. The Balaban J connectivity index is 1.69. The number of ketones is 1. The number of benzene rings is 2. The van der Waals surface area contributed by atoms with E-state index in [2.05, 4.69) is 10.3 Å². The summed E-state index contributed by atoms with van der Waals surface area (Å²) in [5.74, 6) is -0.211. The van der Waals surface area contributed by atoms with Crippen molar-refractivity contribution < 1.29 is 9.59 Å². The fraction of sp³-hybridized carbons (Fsp3) is 0.0500. The first-order valence-corrected chi connectivity index (χ1v) is 7.80. The number of rotatable bonds is 5. The summed E-state index contributed by atoms with van der Waals surface area (Å²) < 4.78 is 1.87. The number of allylic oxidation sites excluding steroid dienone is 1. The fourth-order valence-corrected chi connectivity index (χ4v) is 2.37. The quantitative estimate of drug-likeness (QED) is 0.577. The second-order valence-corrected chi connectivity index (χ2v) is 5.42. The number of amides is 1. The van der Waals surface area contributed by atoms with E-state index in [1.807, 2.05) is 22.9 Å². The summed E-state index contributed by atoms with van der Waals surface area (Å²) in [7, 11) is 1.59. The minimum absolute atomic E-state index is 0.0763. The maximum absolute atomic E-state index is 12.3. The molecule has 5 heteroatoms. The molecule has 1 heterocycles. The average molecular weight is 331 g/mol. The van der Waals surface area contributed by atoms with Gasteiger partial charge in [0.2, 0.25) is 0 Å². The molecule has 0 radical (unpaired) electrons. The molecule has 0 aliphatic rings. The maximum Gasteiger partial charge on any atom is 0.251 e. The first-order valence-electron chi connectivity index (χ1n) is 7.80. The lowest BCUT2D eigenvalue weighted by Gasteiger charge is -2.03. The van der Waals surface area contributed by atoms with Gasteiger partial charge in [-0.05, 0) is 48.0 Å². The van der Waals surface area contributed by atoms with E-state index in [-0.39, 0.29) is 11.7 Å². The van der Waals surface area contributed by atoms with E-state index in [9.17, 15) is 9.59 Å². The molecule has 5 nitrogen and oxygen atoms in total. The van der Waals surface area contributed by atoms with Gasteiger partial charge in [0, 0.05) is 36.3 Å². The number of hydrogen-bond donors (Lipinski definition) is 1. The van der Waals surface area contributed by atoms with Crippen molar-refractivity contribution in [3.63, 3.8) is 0 Å². The lowest BCUT2D eigenvalue weighted by molar-refractivity contribution is 0.0962. The van der Waals surface area contributed by atoms with Crippen LogP contribution in [0.1, 0.15) is 26.3 Å². The van der Waals surface area contributed by atoms with Gasteiger partial charge in [-0.25, -0.2) is 4.98 Å². The number of hydrogen-bond acceptors (Lipinski definition) is 3. The Bertz CT molecular complexity index is 893. The zero-order valence-corrected chi connectivity index (χ0v) is 13.7. The molecule has 0 fully saturated rings. The van der Waals surface area contributed by atoms with Crippen molar-refractivity contribution in [2.45, 2.75) is 0 Å². The molecule has 0 aliphatic carbocycles. The monoisotopic (exact) mass is 331 g/mol. The van der Waals surface area contributed by atoms with Crippen LogP contribution in [0.4, 0.5) is 0 Å². The van der Waals surface area contributed by atoms with Gasteiger partial charge in [0.25, 0.3) is 5.91 Å². The molecule has 0 saturated heterocycles. The number of nitrogens with zero attached hydrogens (tertiary/aromatic N) is 2. The molecule has 0 spiro atoms. The predicted molar refractivity (Wildman–Crippen MR) is 96.8 cm³/mol. The SMILES string of the molecule is CNC(=O)c1ccc(C=CC(=O)c2ccc(-n3ccnc3)cc2)cc1. The Morgan fingerprint density at radius 3 is 2.28 bits per heavy atom. The third-order valence-corrected chi connectivity index (χ3v) is 3.78. The Morgan fingerprint density at radius 1 is 1.00 bits per heavy atom. The lowest BCUT2D eigenvalue weighted by atomic mass is 10.1. The number of nitrogens with one attached hydrogen (secondary N) is 1. The van der Waals surface area contributed by atoms with Gasteiger partial charge in [0.1, 0.15) is 0 Å². The molecule has 0 aliphatic heterocycles. The van der Waals surface area contributed by atoms with Gasteiger partial charge in [0.05, 0.1) is 6.33 Å². The second kappa shape index (κ2) is 7.40. The van der Waals surface area contributed by atoms with Gasteiger partial charge in [0.15, 0.2) is 5.78 Å². The van der Waals surface area contributed by atoms with Crippen LogP contribution in [-0.4, -0.2) is 28.3 Å². The molecule has 124 valence electrons. The van der Waals surface area contributed by atoms with Crippen LogP contribution in [0.5, 0.6) is 0 Å². The molecular formula is C20H17N3O2. The lowest BCUT2D eigenvalue weighted by Crippen LogP contribution is -2.17. The number of aromatic nitrogens is 2. The summed E-state index contributed by atoms with van der Waals surface area (Å²) in [5.41, 5.74) is 3.00. The van der Waals surface area contributed by atoms with E-state index >= 15 is 0 Å². The van der Waals surface area contributed by atoms with Crippen LogP contribution in [0.2, 0.25) is 0 Å². The minimum atomic E-state index is -0.135. The fourth-order valence-electron chi connectivity index (χ4n) is 2.37. The molecule has 1 aromatic heterocycles. The van der Waals surface area contributed by atoms with Crippen molar-refractivity contribution in [2.24, 2.45) is 0 Å². The molecule has 25 heavy (non-hydrogen) atoms. The van der Waals surface area contributed by atoms with Crippen LogP contribution >= 0.6 is 0 Å². The smallest absolute Gasteiger partial charge is 0.251 e. The van der Waals surface area contributed by atoms with Gasteiger partial charge in [-0.2, -0.15) is 0 Å². The van der Waals surface area contributed by atoms with Crippen molar-refractivity contribution in [2.75, 3.05) is 7.05 Å². The molecule has 0 saturated carbocycles. The highest BCUT2D eigenvalue weighted by Crippen LogP contribution is 2.12. The minimum Gasteiger partial charge on any atom is -0.355 e. The summed E-state index contributed by atoms with van der Waals surface area (Å²) in [6.45, 7) is 0. The molecule has 0 unspecified atom stereocenters. The van der Waals surface area contributed by atoms with Crippen molar-refractivity contribution in [3.05, 3.63) is 90.0 Å². The molecule has 0 atom stereocenters. The zero-order chi connectivity index (χ0) is 17.6. The molecule has 3 aromatic rings. The summed E-state index contributed by atoms with van der Waals surface area (Å²) in [4.78, 5) is 27.8. The first kappa shape index (κ1) is 16.4. The highest BCUT2D eigenvalue weighted by molar-refractivity contribution is 6.07. The second-order valence-electron chi connectivity index (χ2n) is 5.42. The standard InChI is InChI=1S/C20H17N3O2/c1-21-20(25)17-5-2-15(3-6-17)4-11-19(24)16-7-9-18(10-8-16)23-13-12-22-14-23/h2-14H,1H3,(H,21,25). The number of carbonyl (C=O) groups is 2. The highest BCUT2D eigenvalue weighted by Gasteiger charge is 2.04. The third kappa shape index (κ3) is 3.90. The van der Waals surface area contributed by atoms with Crippen LogP contribution in [0.3, 0.4) is 0 Å². The predicted octanol–water partition coefficient (Wildman–Crippen LogP) is 3.13. The Labute approximate surface area is 145 Å². The van der Waals surface area contributed by atoms with E-state index in [1.165, 1.54) is 6.08 Å². The third-order valence-electron chi connectivity index (χ3n) is 3.78.